The van der Waals surface area contributed by atoms with Gasteiger partial charge in [0.25, 0.3) is 11.7 Å². The van der Waals surface area contributed by atoms with Crippen molar-refractivity contribution in [2.24, 2.45) is 58.2 Å². The van der Waals surface area contributed by atoms with Crippen molar-refractivity contribution in [2.75, 3.05) is 75.3 Å². The molecule has 6 fully saturated rings. The smallest absolute Gasteiger partial charge is 0.329 e. The molecule has 0 radical (unpaired) electrons. The molecule has 0 aromatic heterocycles. The maximum Gasteiger partial charge on any atom is 0.329 e. The molecule has 2 bridgehead atoms. The number of cyclic esters (lactones) is 2. The van der Waals surface area contributed by atoms with E-state index < -0.39 is 136 Å². The summed E-state index contributed by atoms with van der Waals surface area (Å²) in [6.45, 7) is 17.6. The van der Waals surface area contributed by atoms with E-state index in [1.165, 1.54) is 19.1 Å². The molecule has 3 unspecified atom stereocenters. The molecule has 1 amide bonds. The standard InChI is InChI=1S/C85H125N3O21/c1-50-26-19-18-20-27-51(2)64(103-14)45-59-34-31-56(7)85(101,109-59)79(97)80(98)88-41-24-23-28-62(88)82(100)107-65(46-63(89)52(3)43-55(6)75(94)78(104-15)74(93)54(5)42-50)53(4)44-57-32-35-58(36-33-57)105-69(91)29-21-16-17-22-30-70(92)106-66-47-83(8)61(37-38-67(83)90)71-73(66)84(9)68(49-102-13)108-81(99)60(72(84)77(96)76(71)95)48-87(12)40-25-39-86(10)11/h18-20,26-27,43,50,53-60,62,64-65,68,72,75,78,94,101H,16-17,21-25,28-42,44-49H2,1-15H3/t50-,53-,54-,55?,56-,57?,58?,59+,60?,62+,64+,65+,68-,72?,75-,78+,83+,84+,85-/m1/s1. The number of aliphatic hydroxyl groups is 2. The monoisotopic (exact) mass is 1520 g/mol. The summed E-state index contributed by atoms with van der Waals surface area (Å²) in [6, 6.07) is -1.21. The molecule has 4 aliphatic heterocycles. The molecular formula is C85H125N3O21. The fraction of sp³-hybridized carbons (Fsp3) is 0.729. The number of amides is 1. The van der Waals surface area contributed by atoms with Crippen LogP contribution in [0.3, 0.4) is 0 Å². The Morgan fingerprint density at radius 2 is 1.48 bits per heavy atom. The molecule has 4 heterocycles. The lowest BCUT2D eigenvalue weighted by Gasteiger charge is -2.54. The minimum Gasteiger partial charge on any atom is -0.462 e. The van der Waals surface area contributed by atoms with E-state index in [1.54, 1.807) is 54.7 Å². The van der Waals surface area contributed by atoms with E-state index in [0.717, 1.165) is 18.5 Å². The zero-order valence-corrected chi connectivity index (χ0v) is 67.5. The second-order valence-electron chi connectivity index (χ2n) is 33.5. The second kappa shape index (κ2) is 39.3. The zero-order chi connectivity index (χ0) is 80.0. The first kappa shape index (κ1) is 88.1. The number of unbranched alkanes of at least 4 members (excludes halogenated alkanes) is 3. The number of esters is 4. The Morgan fingerprint density at radius 3 is 2.15 bits per heavy atom. The number of methoxy groups -OCH3 is 3. The predicted molar refractivity (Wildman–Crippen MR) is 405 cm³/mol. The fourth-order valence-corrected chi connectivity index (χ4v) is 18.2. The van der Waals surface area contributed by atoms with Crippen LogP contribution in [0.2, 0.25) is 0 Å². The van der Waals surface area contributed by atoms with E-state index in [1.807, 2.05) is 77.2 Å². The van der Waals surface area contributed by atoms with Crippen molar-refractivity contribution in [1.29, 1.82) is 0 Å². The van der Waals surface area contributed by atoms with Crippen LogP contribution in [0, 0.1) is 58.2 Å². The van der Waals surface area contributed by atoms with Gasteiger partial charge in [-0.1, -0.05) is 90.8 Å². The first-order valence-corrected chi connectivity index (χ1v) is 40.1. The van der Waals surface area contributed by atoms with Crippen molar-refractivity contribution in [3.8, 4) is 0 Å². The van der Waals surface area contributed by atoms with Crippen LogP contribution < -0.4 is 0 Å². The number of piperidine rings is 1. The van der Waals surface area contributed by atoms with Gasteiger partial charge in [-0.2, -0.15) is 0 Å². The Labute approximate surface area is 645 Å². The summed E-state index contributed by atoms with van der Waals surface area (Å²) < 4.78 is 48.2. The van der Waals surface area contributed by atoms with Gasteiger partial charge in [-0.15, -0.1) is 0 Å². The summed E-state index contributed by atoms with van der Waals surface area (Å²) in [5, 5.41) is 23.8. The molecular weight excluding hydrogens is 1400 g/mol. The van der Waals surface area contributed by atoms with Gasteiger partial charge in [-0.3, -0.25) is 47.9 Å². The minimum absolute atomic E-state index is 0.00996. The molecule has 24 nitrogen and oxygen atoms in total. The molecule has 0 spiro atoms. The Hall–Kier alpha value is -6.51. The molecule has 3 saturated carbocycles. The lowest BCUT2D eigenvalue weighted by atomic mass is 9.51. The van der Waals surface area contributed by atoms with E-state index in [9.17, 15) is 63.0 Å². The first-order valence-electron chi connectivity index (χ1n) is 40.1. The van der Waals surface area contributed by atoms with Crippen LogP contribution in [-0.2, 0) is 90.6 Å². The van der Waals surface area contributed by atoms with Crippen molar-refractivity contribution < 1.29 is 101 Å². The van der Waals surface area contributed by atoms with Gasteiger partial charge in [0, 0.05) is 107 Å². The Morgan fingerprint density at radius 1 is 0.780 bits per heavy atom. The number of carbonyl (C=O) groups excluding carboxylic acids is 11. The van der Waals surface area contributed by atoms with Gasteiger partial charge in [0.1, 0.15) is 42.0 Å². The van der Waals surface area contributed by atoms with Crippen LogP contribution in [0.25, 0.3) is 0 Å². The normalized spacial score (nSPS) is 34.1. The van der Waals surface area contributed by atoms with Gasteiger partial charge < -0.3 is 62.8 Å². The number of ketones is 6. The topological polar surface area (TPSA) is 312 Å². The van der Waals surface area contributed by atoms with Gasteiger partial charge in [0.2, 0.25) is 17.4 Å². The van der Waals surface area contributed by atoms with Crippen LogP contribution >= 0.6 is 0 Å². The number of rotatable bonds is 22. The molecule has 24 heteroatoms. The van der Waals surface area contributed by atoms with Crippen molar-refractivity contribution in [3.63, 3.8) is 0 Å². The maximum atomic E-state index is 14.8. The van der Waals surface area contributed by atoms with Gasteiger partial charge in [0.15, 0.2) is 11.6 Å². The average molecular weight is 1520 g/mol. The van der Waals surface area contributed by atoms with Crippen LogP contribution in [-0.4, -0.2) is 219 Å². The molecule has 606 valence electrons. The van der Waals surface area contributed by atoms with Gasteiger partial charge in [0.05, 0.1) is 42.2 Å². The number of fused-ring (bicyclic) bond motifs is 7. The number of ether oxygens (including phenoxy) is 8. The summed E-state index contributed by atoms with van der Waals surface area (Å²) in [6.07, 6.45) is 14.1. The van der Waals surface area contributed by atoms with Crippen molar-refractivity contribution in [3.05, 3.63) is 70.1 Å². The van der Waals surface area contributed by atoms with Crippen molar-refractivity contribution >= 4 is 64.5 Å². The lowest BCUT2D eigenvalue weighted by molar-refractivity contribution is -0.265. The maximum absolute atomic E-state index is 14.8. The average Bonchev–Trinajstić information content (AvgIpc) is 1.67. The van der Waals surface area contributed by atoms with Gasteiger partial charge in [-0.05, 0) is 186 Å². The highest BCUT2D eigenvalue weighted by molar-refractivity contribution is 6.47. The number of aliphatic hydroxyl groups excluding tert-OH is 1. The van der Waals surface area contributed by atoms with Crippen LogP contribution in [0.4, 0.5) is 0 Å². The summed E-state index contributed by atoms with van der Waals surface area (Å²) in [5.74, 6) is -13.7. The minimum atomic E-state index is -2.49. The van der Waals surface area contributed by atoms with Crippen molar-refractivity contribution in [2.45, 2.75) is 265 Å². The second-order valence-corrected chi connectivity index (χ2v) is 33.5. The van der Waals surface area contributed by atoms with Crippen LogP contribution in [0.1, 0.15) is 210 Å². The third-order valence-corrected chi connectivity index (χ3v) is 24.9. The highest BCUT2D eigenvalue weighted by Gasteiger charge is 2.67. The highest BCUT2D eigenvalue weighted by atomic mass is 16.6. The number of carbonyl (C=O) groups is 11. The third kappa shape index (κ3) is 21.0. The summed E-state index contributed by atoms with van der Waals surface area (Å²) >= 11 is 0. The van der Waals surface area contributed by atoms with Crippen molar-refractivity contribution in [1.82, 2.24) is 14.7 Å². The molecule has 4 aliphatic carbocycles. The number of allylic oxidation sites excluding steroid dienone is 9. The largest absolute Gasteiger partial charge is 0.462 e. The number of Topliss-reactive ketones (excluding diaryl/α,β-unsaturated/α-hetero) is 6. The third-order valence-electron chi connectivity index (χ3n) is 24.9. The van der Waals surface area contributed by atoms with E-state index >= 15 is 0 Å². The summed E-state index contributed by atoms with van der Waals surface area (Å²) in [4.78, 5) is 162. The van der Waals surface area contributed by atoms with Gasteiger partial charge >= 0.3 is 23.9 Å². The predicted octanol–water partition coefficient (Wildman–Crippen LogP) is 10.2. The quantitative estimate of drug-likeness (QED) is 0.0440. The summed E-state index contributed by atoms with van der Waals surface area (Å²) in [5.41, 5.74) is -0.458. The molecule has 109 heavy (non-hydrogen) atoms. The van der Waals surface area contributed by atoms with E-state index in [4.69, 9.17) is 37.9 Å². The molecule has 8 aliphatic rings. The fourth-order valence-electron chi connectivity index (χ4n) is 18.2. The number of nitrogens with zero attached hydrogens (tertiary/aromatic N) is 3. The number of hydrogen-bond donors (Lipinski definition) is 2. The Kier molecular flexibility index (Phi) is 31.7. The zero-order valence-electron chi connectivity index (χ0n) is 67.5. The van der Waals surface area contributed by atoms with E-state index in [-0.39, 0.29) is 129 Å². The number of hydrogen-bond acceptors (Lipinski definition) is 23. The molecule has 0 aromatic carbocycles. The SMILES string of the molecule is COC[C@H]1OC(=O)C(CN(C)CCCN(C)C)C2C(=O)C(=O)C3=C4CCC(=O)[C@@]4(C)CC(OC(=O)CCCCCCC(=O)OC4CCC(C[C@@H](C)[C@@H]5CC(=O)C(C)=CC(C)[C@@H](O)[C@@H](OC)C(=O)[C@H](C)C[C@H](C)C=CC=CC=C(C)[C@@H](OC)C[C@@H]6CC[C@@H](C)[C@@](O)(O6)C(=O)C(=O)N6CCCC[C@H]6C(=O)O5)CC4)=C3[C@]21C. The van der Waals surface area contributed by atoms with Crippen LogP contribution in [0.15, 0.2) is 70.1 Å². The highest BCUT2D eigenvalue weighted by Crippen LogP contribution is 2.62. The molecule has 3 saturated heterocycles. The van der Waals surface area contributed by atoms with Gasteiger partial charge in [-0.25, -0.2) is 4.79 Å². The lowest BCUT2D eigenvalue weighted by Crippen LogP contribution is -2.64. The molecule has 8 rings (SSSR count). The molecule has 17 atom stereocenters. The van der Waals surface area contributed by atoms with E-state index in [0.29, 0.717) is 108 Å². The Bertz CT molecular complexity index is 3520. The van der Waals surface area contributed by atoms with Crippen LogP contribution in [0.5, 0.6) is 0 Å². The molecule has 0 aromatic rings. The first-order chi connectivity index (χ1) is 51.6. The molecule has 2 N–H and O–H groups in total. The Balaban J connectivity index is 0.894. The van der Waals surface area contributed by atoms with E-state index in [2.05, 4.69) is 4.90 Å². The summed E-state index contributed by atoms with van der Waals surface area (Å²) in [7, 11) is 10.2.